The van der Waals surface area contributed by atoms with Crippen LogP contribution in [0, 0.1) is 11.8 Å². The van der Waals surface area contributed by atoms with Crippen molar-refractivity contribution in [3.63, 3.8) is 0 Å². The molecule has 2 amide bonds. The standard InChI is InChI=1S/C19H24N2O3/c1-19(2,24)10-9-15-6-5-7-16(14-15)18(23)20-11-13-21-12-4-3-8-17(21)22/h5-7,14,24H,3-4,8,11-13H2,1-2H3,(H,20,23). The van der Waals surface area contributed by atoms with Gasteiger partial charge in [0.2, 0.25) is 5.91 Å². The van der Waals surface area contributed by atoms with Crippen LogP contribution in [-0.2, 0) is 4.79 Å². The number of nitrogens with zero attached hydrogens (tertiary/aromatic N) is 1. The maximum Gasteiger partial charge on any atom is 0.251 e. The highest BCUT2D eigenvalue weighted by Gasteiger charge is 2.17. The third kappa shape index (κ3) is 5.71. The molecular formula is C19H24N2O3. The molecule has 0 spiro atoms. The average Bonchev–Trinajstić information content (AvgIpc) is 2.54. The molecular weight excluding hydrogens is 304 g/mol. The van der Waals surface area contributed by atoms with Gasteiger partial charge in [0, 0.05) is 37.2 Å². The van der Waals surface area contributed by atoms with Gasteiger partial charge in [-0.15, -0.1) is 0 Å². The lowest BCUT2D eigenvalue weighted by Gasteiger charge is -2.26. The van der Waals surface area contributed by atoms with Crippen molar-refractivity contribution < 1.29 is 14.7 Å². The molecule has 1 heterocycles. The minimum Gasteiger partial charge on any atom is -0.378 e. The fourth-order valence-electron chi connectivity index (χ4n) is 2.47. The van der Waals surface area contributed by atoms with E-state index in [1.807, 2.05) is 0 Å². The van der Waals surface area contributed by atoms with Gasteiger partial charge in [0.15, 0.2) is 0 Å². The third-order valence-corrected chi connectivity index (χ3v) is 3.73. The topological polar surface area (TPSA) is 69.6 Å². The van der Waals surface area contributed by atoms with E-state index in [0.29, 0.717) is 30.6 Å². The molecule has 0 saturated carbocycles. The number of likely N-dealkylation sites (tertiary alicyclic amines) is 1. The highest BCUT2D eigenvalue weighted by atomic mass is 16.3. The van der Waals surface area contributed by atoms with Crippen LogP contribution in [0.2, 0.25) is 0 Å². The lowest BCUT2D eigenvalue weighted by Crippen LogP contribution is -2.41. The number of aliphatic hydroxyl groups is 1. The molecule has 0 unspecified atom stereocenters. The molecule has 0 bridgehead atoms. The average molecular weight is 328 g/mol. The van der Waals surface area contributed by atoms with Crippen molar-refractivity contribution in [1.29, 1.82) is 0 Å². The first-order chi connectivity index (χ1) is 11.3. The van der Waals surface area contributed by atoms with Gasteiger partial charge in [-0.05, 0) is 44.9 Å². The fourth-order valence-corrected chi connectivity index (χ4v) is 2.47. The highest BCUT2D eigenvalue weighted by Crippen LogP contribution is 2.09. The van der Waals surface area contributed by atoms with E-state index in [1.165, 1.54) is 0 Å². The molecule has 1 saturated heterocycles. The van der Waals surface area contributed by atoms with Crippen LogP contribution in [-0.4, -0.2) is 47.1 Å². The Morgan fingerprint density at radius 3 is 2.88 bits per heavy atom. The highest BCUT2D eigenvalue weighted by molar-refractivity contribution is 5.94. The van der Waals surface area contributed by atoms with Gasteiger partial charge in [0.05, 0.1) is 0 Å². The molecule has 2 N–H and O–H groups in total. The van der Waals surface area contributed by atoms with Gasteiger partial charge in [-0.25, -0.2) is 0 Å². The zero-order valence-electron chi connectivity index (χ0n) is 14.3. The Kier molecular flexibility index (Phi) is 5.99. The molecule has 0 aliphatic carbocycles. The Morgan fingerprint density at radius 2 is 2.17 bits per heavy atom. The van der Waals surface area contributed by atoms with Crippen molar-refractivity contribution in [3.8, 4) is 11.8 Å². The Hall–Kier alpha value is -2.32. The van der Waals surface area contributed by atoms with Crippen LogP contribution < -0.4 is 5.32 Å². The van der Waals surface area contributed by atoms with Crippen molar-refractivity contribution in [1.82, 2.24) is 10.2 Å². The lowest BCUT2D eigenvalue weighted by molar-refractivity contribution is -0.133. The SMILES string of the molecule is CC(C)(O)C#Cc1cccc(C(=O)NCCN2CCCCC2=O)c1. The maximum atomic E-state index is 12.2. The van der Waals surface area contributed by atoms with E-state index in [1.54, 1.807) is 43.0 Å². The summed E-state index contributed by atoms with van der Waals surface area (Å²) >= 11 is 0. The van der Waals surface area contributed by atoms with Crippen molar-refractivity contribution in [3.05, 3.63) is 35.4 Å². The number of carbonyl (C=O) groups excluding carboxylic acids is 2. The Morgan fingerprint density at radius 1 is 1.38 bits per heavy atom. The van der Waals surface area contributed by atoms with Crippen molar-refractivity contribution in [2.45, 2.75) is 38.7 Å². The monoisotopic (exact) mass is 328 g/mol. The summed E-state index contributed by atoms with van der Waals surface area (Å²) in [6.45, 7) is 4.97. The number of hydrogen-bond acceptors (Lipinski definition) is 3. The van der Waals surface area contributed by atoms with E-state index >= 15 is 0 Å². The molecule has 24 heavy (non-hydrogen) atoms. The summed E-state index contributed by atoms with van der Waals surface area (Å²) in [4.78, 5) is 25.7. The van der Waals surface area contributed by atoms with E-state index in [2.05, 4.69) is 17.2 Å². The number of rotatable bonds is 4. The Labute approximate surface area is 143 Å². The Balaban J connectivity index is 1.90. The number of nitrogens with one attached hydrogen (secondary N) is 1. The molecule has 0 radical (unpaired) electrons. The van der Waals surface area contributed by atoms with Gasteiger partial charge < -0.3 is 15.3 Å². The lowest BCUT2D eigenvalue weighted by atomic mass is 10.1. The summed E-state index contributed by atoms with van der Waals surface area (Å²) in [5.74, 6) is 5.56. The number of benzene rings is 1. The van der Waals surface area contributed by atoms with Crippen molar-refractivity contribution >= 4 is 11.8 Å². The Bertz CT molecular complexity index is 665. The molecule has 128 valence electrons. The summed E-state index contributed by atoms with van der Waals surface area (Å²) < 4.78 is 0. The number of amides is 2. The zero-order valence-corrected chi connectivity index (χ0v) is 14.3. The second-order valence-electron chi connectivity index (χ2n) is 6.48. The van der Waals surface area contributed by atoms with Gasteiger partial charge in [0.1, 0.15) is 5.60 Å². The quantitative estimate of drug-likeness (QED) is 0.824. The van der Waals surface area contributed by atoms with Gasteiger partial charge in [-0.2, -0.15) is 0 Å². The van der Waals surface area contributed by atoms with Gasteiger partial charge in [0.25, 0.3) is 5.91 Å². The molecule has 5 heteroatoms. The van der Waals surface area contributed by atoms with E-state index in [9.17, 15) is 14.7 Å². The predicted molar refractivity (Wildman–Crippen MR) is 92.4 cm³/mol. The van der Waals surface area contributed by atoms with E-state index in [-0.39, 0.29) is 11.8 Å². The molecule has 0 aromatic heterocycles. The second kappa shape index (κ2) is 7.98. The first kappa shape index (κ1) is 18.0. The number of piperidine rings is 1. The molecule has 1 aromatic carbocycles. The van der Waals surface area contributed by atoms with E-state index in [0.717, 1.165) is 19.4 Å². The summed E-state index contributed by atoms with van der Waals surface area (Å²) in [5.41, 5.74) is 0.123. The molecule has 1 aliphatic heterocycles. The van der Waals surface area contributed by atoms with Crippen LogP contribution in [0.25, 0.3) is 0 Å². The molecule has 1 fully saturated rings. The maximum absolute atomic E-state index is 12.2. The van der Waals surface area contributed by atoms with Gasteiger partial charge >= 0.3 is 0 Å². The minimum atomic E-state index is -1.07. The molecule has 5 nitrogen and oxygen atoms in total. The minimum absolute atomic E-state index is 0.166. The fraction of sp³-hybridized carbons (Fsp3) is 0.474. The summed E-state index contributed by atoms with van der Waals surface area (Å²) in [6.07, 6.45) is 2.59. The first-order valence-corrected chi connectivity index (χ1v) is 8.27. The third-order valence-electron chi connectivity index (χ3n) is 3.73. The summed E-state index contributed by atoms with van der Waals surface area (Å²) in [6, 6.07) is 6.97. The number of hydrogen-bond donors (Lipinski definition) is 2. The van der Waals surface area contributed by atoms with E-state index < -0.39 is 5.60 Å². The van der Waals surface area contributed by atoms with Crippen LogP contribution in [0.1, 0.15) is 49.0 Å². The van der Waals surface area contributed by atoms with Crippen LogP contribution in [0.3, 0.4) is 0 Å². The van der Waals surface area contributed by atoms with Crippen molar-refractivity contribution in [2.75, 3.05) is 19.6 Å². The van der Waals surface area contributed by atoms with Gasteiger partial charge in [-0.3, -0.25) is 9.59 Å². The van der Waals surface area contributed by atoms with Crippen molar-refractivity contribution in [2.24, 2.45) is 0 Å². The molecule has 1 aromatic rings. The van der Waals surface area contributed by atoms with Crippen LogP contribution in [0.4, 0.5) is 0 Å². The second-order valence-corrected chi connectivity index (χ2v) is 6.48. The molecule has 0 atom stereocenters. The largest absolute Gasteiger partial charge is 0.378 e. The summed E-state index contributed by atoms with van der Waals surface area (Å²) in [7, 11) is 0. The number of carbonyl (C=O) groups is 2. The van der Waals surface area contributed by atoms with E-state index in [4.69, 9.17) is 0 Å². The normalized spacial score (nSPS) is 14.8. The van der Waals surface area contributed by atoms with Crippen LogP contribution >= 0.6 is 0 Å². The molecule has 2 rings (SSSR count). The predicted octanol–water partition coefficient (Wildman–Crippen LogP) is 1.55. The summed E-state index contributed by atoms with van der Waals surface area (Å²) in [5, 5.41) is 12.5. The molecule has 1 aliphatic rings. The zero-order chi connectivity index (χ0) is 17.6. The smallest absolute Gasteiger partial charge is 0.251 e. The van der Waals surface area contributed by atoms with Crippen LogP contribution in [0.5, 0.6) is 0 Å². The first-order valence-electron chi connectivity index (χ1n) is 8.27. The van der Waals surface area contributed by atoms with Gasteiger partial charge in [-0.1, -0.05) is 17.9 Å². The van der Waals surface area contributed by atoms with Crippen LogP contribution in [0.15, 0.2) is 24.3 Å².